The van der Waals surface area contributed by atoms with Crippen LogP contribution in [-0.2, 0) is 19.1 Å². The molecule has 1 atom stereocenters. The van der Waals surface area contributed by atoms with Crippen molar-refractivity contribution < 1.29 is 37.0 Å². The monoisotopic (exact) mass is 338 g/mol. The van der Waals surface area contributed by atoms with Gasteiger partial charge >= 0.3 is 24.1 Å². The van der Waals surface area contributed by atoms with E-state index in [2.05, 4.69) is 20.7 Å². The molecule has 130 valence electrons. The Morgan fingerprint density at radius 2 is 1.91 bits per heavy atom. The number of esters is 1. The number of terminal acetylenes is 1. The molecule has 0 spiro atoms. The normalized spacial score (nSPS) is 11.8. The maximum absolute atomic E-state index is 12.2. The number of carbonyl (C=O) groups excluding carboxylic acids is 3. The number of ether oxygens (including phenoxy) is 2. The van der Waals surface area contributed by atoms with Crippen molar-refractivity contribution in [3.63, 3.8) is 0 Å². The predicted octanol–water partition coefficient (Wildman–Crippen LogP) is 0.736. The number of hydrogen-bond donors (Lipinski definition) is 2. The van der Waals surface area contributed by atoms with Gasteiger partial charge in [0.15, 0.2) is 6.61 Å². The molecule has 0 aromatic carbocycles. The second-order valence-corrected chi connectivity index (χ2v) is 4.25. The van der Waals surface area contributed by atoms with Crippen LogP contribution in [0, 0.1) is 12.3 Å². The van der Waals surface area contributed by atoms with Gasteiger partial charge in [-0.25, -0.2) is 9.59 Å². The van der Waals surface area contributed by atoms with Gasteiger partial charge < -0.3 is 20.1 Å². The van der Waals surface area contributed by atoms with Crippen LogP contribution in [0.5, 0.6) is 0 Å². The van der Waals surface area contributed by atoms with Crippen LogP contribution in [0.4, 0.5) is 18.0 Å². The number of amides is 2. The zero-order chi connectivity index (χ0) is 17.9. The maximum Gasteiger partial charge on any atom is 0.471 e. The topological polar surface area (TPSA) is 93.7 Å². The maximum atomic E-state index is 12.2. The van der Waals surface area contributed by atoms with Crippen LogP contribution in [0.3, 0.4) is 0 Å². The van der Waals surface area contributed by atoms with Gasteiger partial charge in [0.25, 0.3) is 0 Å². The third kappa shape index (κ3) is 9.23. The van der Waals surface area contributed by atoms with Gasteiger partial charge in [-0.15, -0.1) is 6.42 Å². The third-order valence-electron chi connectivity index (χ3n) is 2.52. The number of rotatable bonds is 8. The molecule has 0 aliphatic carbocycles. The predicted molar refractivity (Wildman–Crippen MR) is 72.0 cm³/mol. The molecule has 0 aliphatic heterocycles. The lowest BCUT2D eigenvalue weighted by Gasteiger charge is -2.17. The van der Waals surface area contributed by atoms with Crippen molar-refractivity contribution in [1.29, 1.82) is 0 Å². The minimum Gasteiger partial charge on any atom is -0.467 e. The first-order valence-electron chi connectivity index (χ1n) is 6.52. The summed E-state index contributed by atoms with van der Waals surface area (Å²) in [5.74, 6) is -1.10. The molecule has 0 bridgehead atoms. The Labute approximate surface area is 130 Å². The molecule has 0 aliphatic rings. The van der Waals surface area contributed by atoms with Gasteiger partial charge in [0.2, 0.25) is 0 Å². The Bertz CT molecular complexity index is 460. The second kappa shape index (κ2) is 10.3. The van der Waals surface area contributed by atoms with Crippen molar-refractivity contribution in [2.24, 2.45) is 0 Å². The van der Waals surface area contributed by atoms with E-state index < -0.39 is 30.2 Å². The second-order valence-electron chi connectivity index (χ2n) is 4.25. The van der Waals surface area contributed by atoms with Gasteiger partial charge in [-0.2, -0.15) is 13.2 Å². The molecule has 2 amide bonds. The first-order chi connectivity index (χ1) is 10.7. The standard InChI is InChI=1S/C13H17F3N2O5/c1-3-8-23-12(21)17-7-5-4-6-9(10(19)22-2)18-11(20)13(14,15)16/h1,9H,4-8H2,2H3,(H,17,21)(H,18,20)/t9-/m0/s1. The summed E-state index contributed by atoms with van der Waals surface area (Å²) in [6.45, 7) is -0.00969. The van der Waals surface area contributed by atoms with Gasteiger partial charge in [-0.3, -0.25) is 4.79 Å². The molecule has 0 fully saturated rings. The van der Waals surface area contributed by atoms with E-state index in [0.717, 1.165) is 7.11 Å². The molecule has 2 N–H and O–H groups in total. The number of halogens is 3. The average Bonchev–Trinajstić information content (AvgIpc) is 2.49. The van der Waals surface area contributed by atoms with Crippen molar-refractivity contribution in [1.82, 2.24) is 10.6 Å². The Kier molecular flexibility index (Phi) is 9.22. The fraction of sp³-hybridized carbons (Fsp3) is 0.615. The van der Waals surface area contributed by atoms with Crippen LogP contribution in [0.1, 0.15) is 19.3 Å². The number of methoxy groups -OCH3 is 1. The van der Waals surface area contributed by atoms with Crippen LogP contribution in [-0.4, -0.2) is 50.4 Å². The van der Waals surface area contributed by atoms with E-state index in [-0.39, 0.29) is 26.0 Å². The Morgan fingerprint density at radius 1 is 1.26 bits per heavy atom. The molecule has 0 saturated heterocycles. The third-order valence-corrected chi connectivity index (χ3v) is 2.52. The van der Waals surface area contributed by atoms with Crippen LogP contribution < -0.4 is 10.6 Å². The van der Waals surface area contributed by atoms with E-state index in [9.17, 15) is 27.6 Å². The summed E-state index contributed by atoms with van der Waals surface area (Å²) in [5, 5.41) is 3.92. The highest BCUT2D eigenvalue weighted by atomic mass is 19.4. The van der Waals surface area contributed by atoms with E-state index in [1.165, 1.54) is 0 Å². The van der Waals surface area contributed by atoms with Crippen LogP contribution in [0.15, 0.2) is 0 Å². The first kappa shape index (κ1) is 20.6. The smallest absolute Gasteiger partial charge is 0.467 e. The fourth-order valence-corrected chi connectivity index (χ4v) is 1.45. The highest BCUT2D eigenvalue weighted by Gasteiger charge is 2.40. The largest absolute Gasteiger partial charge is 0.471 e. The lowest BCUT2D eigenvalue weighted by atomic mass is 10.1. The Morgan fingerprint density at radius 3 is 2.43 bits per heavy atom. The van der Waals surface area contributed by atoms with Crippen molar-refractivity contribution >= 4 is 18.0 Å². The SMILES string of the molecule is C#CCOC(=O)NCCCC[C@H](NC(=O)C(F)(F)F)C(=O)OC. The molecule has 0 saturated carbocycles. The molecular formula is C13H17F3N2O5. The van der Waals surface area contributed by atoms with E-state index in [1.807, 2.05) is 0 Å². The summed E-state index contributed by atoms with van der Waals surface area (Å²) in [7, 11) is 0.998. The summed E-state index contributed by atoms with van der Waals surface area (Å²) in [4.78, 5) is 33.2. The molecular weight excluding hydrogens is 321 g/mol. The Hall–Kier alpha value is -2.44. The van der Waals surface area contributed by atoms with Gasteiger partial charge in [-0.05, 0) is 19.3 Å². The van der Waals surface area contributed by atoms with E-state index in [1.54, 1.807) is 5.32 Å². The molecule has 0 aromatic heterocycles. The van der Waals surface area contributed by atoms with Gasteiger partial charge in [-0.1, -0.05) is 5.92 Å². The van der Waals surface area contributed by atoms with Crippen molar-refractivity contribution in [3.05, 3.63) is 0 Å². The van der Waals surface area contributed by atoms with Crippen molar-refractivity contribution in [2.45, 2.75) is 31.5 Å². The minimum atomic E-state index is -5.09. The molecule has 0 rings (SSSR count). The summed E-state index contributed by atoms with van der Waals surface area (Å²) in [6.07, 6.45) is -0.397. The highest BCUT2D eigenvalue weighted by molar-refractivity contribution is 5.87. The van der Waals surface area contributed by atoms with Crippen molar-refractivity contribution in [3.8, 4) is 12.3 Å². The number of alkyl carbamates (subject to hydrolysis) is 1. The molecule has 0 radical (unpaired) electrons. The number of carbonyl (C=O) groups is 3. The van der Waals surface area contributed by atoms with Gasteiger partial charge in [0.05, 0.1) is 7.11 Å². The minimum absolute atomic E-state index is 0.0738. The van der Waals surface area contributed by atoms with E-state index in [0.29, 0.717) is 6.42 Å². The van der Waals surface area contributed by atoms with Crippen molar-refractivity contribution in [2.75, 3.05) is 20.3 Å². The zero-order valence-electron chi connectivity index (χ0n) is 12.4. The molecule has 7 nitrogen and oxygen atoms in total. The number of unbranched alkanes of at least 4 members (excludes halogenated alkanes) is 1. The summed E-state index contributed by atoms with van der Waals surface area (Å²) >= 11 is 0. The zero-order valence-corrected chi connectivity index (χ0v) is 12.4. The number of alkyl halides is 3. The lowest BCUT2D eigenvalue weighted by molar-refractivity contribution is -0.175. The van der Waals surface area contributed by atoms with Crippen LogP contribution in [0.2, 0.25) is 0 Å². The van der Waals surface area contributed by atoms with E-state index >= 15 is 0 Å². The Balaban J connectivity index is 4.18. The highest BCUT2D eigenvalue weighted by Crippen LogP contribution is 2.15. The summed E-state index contributed by atoms with van der Waals surface area (Å²) in [5.41, 5.74) is 0. The summed E-state index contributed by atoms with van der Waals surface area (Å²) in [6, 6.07) is -1.41. The number of nitrogens with one attached hydrogen (secondary N) is 2. The molecule has 23 heavy (non-hydrogen) atoms. The van der Waals surface area contributed by atoms with Gasteiger partial charge in [0, 0.05) is 6.54 Å². The van der Waals surface area contributed by atoms with Gasteiger partial charge in [0.1, 0.15) is 6.04 Å². The van der Waals surface area contributed by atoms with Crippen LogP contribution in [0.25, 0.3) is 0 Å². The van der Waals surface area contributed by atoms with E-state index in [4.69, 9.17) is 6.42 Å². The lowest BCUT2D eigenvalue weighted by Crippen LogP contribution is -2.47. The molecule has 0 unspecified atom stereocenters. The molecule has 0 heterocycles. The summed E-state index contributed by atoms with van der Waals surface area (Å²) < 4.78 is 45.4. The average molecular weight is 338 g/mol. The van der Waals surface area contributed by atoms with Crippen LogP contribution >= 0.6 is 0 Å². The molecule has 0 aromatic rings. The fourth-order valence-electron chi connectivity index (χ4n) is 1.45. The quantitative estimate of drug-likeness (QED) is 0.387. The first-order valence-corrected chi connectivity index (χ1v) is 6.52. The number of hydrogen-bond acceptors (Lipinski definition) is 5. The molecule has 10 heteroatoms.